The number of hydrogen-bond acceptors (Lipinski definition) is 3. The van der Waals surface area contributed by atoms with E-state index < -0.39 is 11.7 Å². The maximum atomic E-state index is 13.0. The summed E-state index contributed by atoms with van der Waals surface area (Å²) in [4.78, 5) is 12.3. The minimum absolute atomic E-state index is 0. The smallest absolute Gasteiger partial charge is 0.416 e. The molecule has 0 heterocycles. The second kappa shape index (κ2) is 9.62. The van der Waals surface area contributed by atoms with Gasteiger partial charge in [0.05, 0.1) is 12.7 Å². The number of nitrogens with one attached hydrogen (secondary N) is 1. The zero-order valence-electron chi connectivity index (χ0n) is 15.0. The summed E-state index contributed by atoms with van der Waals surface area (Å²) in [6.07, 6.45) is -4.38. The number of hydrogen-bond donors (Lipinski definition) is 2. The van der Waals surface area contributed by atoms with Gasteiger partial charge in [-0.05, 0) is 47.4 Å². The minimum atomic E-state index is -4.50. The SMILES string of the molecule is COc1cccc(C(C)CC(=O)Nc2cc(CN)cc(C(F)(F)F)c2)c1.Cl. The van der Waals surface area contributed by atoms with E-state index in [9.17, 15) is 18.0 Å². The van der Waals surface area contributed by atoms with Gasteiger partial charge in [0.1, 0.15) is 5.75 Å². The van der Waals surface area contributed by atoms with Gasteiger partial charge in [-0.3, -0.25) is 4.79 Å². The molecule has 4 nitrogen and oxygen atoms in total. The molecule has 0 saturated heterocycles. The molecular weight excluding hydrogens is 381 g/mol. The van der Waals surface area contributed by atoms with Crippen LogP contribution in [0.15, 0.2) is 42.5 Å². The summed E-state index contributed by atoms with van der Waals surface area (Å²) < 4.78 is 44.0. The largest absolute Gasteiger partial charge is 0.497 e. The lowest BCUT2D eigenvalue weighted by atomic mass is 9.97. The van der Waals surface area contributed by atoms with Crippen LogP contribution in [0.4, 0.5) is 18.9 Å². The molecule has 1 amide bonds. The van der Waals surface area contributed by atoms with Crippen LogP contribution in [0.1, 0.15) is 36.0 Å². The highest BCUT2D eigenvalue weighted by molar-refractivity contribution is 5.91. The fraction of sp³-hybridized carbons (Fsp3) is 0.316. The average molecular weight is 403 g/mol. The molecule has 0 bridgehead atoms. The summed E-state index contributed by atoms with van der Waals surface area (Å²) in [7, 11) is 1.55. The monoisotopic (exact) mass is 402 g/mol. The van der Waals surface area contributed by atoms with Gasteiger partial charge in [0.25, 0.3) is 0 Å². The highest BCUT2D eigenvalue weighted by Gasteiger charge is 2.31. The number of rotatable bonds is 6. The van der Waals surface area contributed by atoms with Gasteiger partial charge in [-0.1, -0.05) is 19.1 Å². The molecule has 0 spiro atoms. The Labute approximate surface area is 162 Å². The van der Waals surface area contributed by atoms with Crippen LogP contribution in [-0.2, 0) is 17.5 Å². The third-order valence-corrected chi connectivity index (χ3v) is 3.99. The first kappa shape index (κ1) is 22.8. The summed E-state index contributed by atoms with van der Waals surface area (Å²) in [5.74, 6) is 0.188. The third kappa shape index (κ3) is 6.45. The number of amides is 1. The number of benzene rings is 2. The van der Waals surface area contributed by atoms with Crippen molar-refractivity contribution in [3.05, 3.63) is 59.2 Å². The molecule has 148 valence electrons. The van der Waals surface area contributed by atoms with Crippen molar-refractivity contribution in [1.82, 2.24) is 0 Å². The fourth-order valence-corrected chi connectivity index (χ4v) is 2.60. The van der Waals surface area contributed by atoms with Crippen LogP contribution in [0.25, 0.3) is 0 Å². The van der Waals surface area contributed by atoms with E-state index in [4.69, 9.17) is 10.5 Å². The van der Waals surface area contributed by atoms with Gasteiger partial charge in [-0.25, -0.2) is 0 Å². The zero-order valence-corrected chi connectivity index (χ0v) is 15.8. The third-order valence-electron chi connectivity index (χ3n) is 3.99. The first-order valence-electron chi connectivity index (χ1n) is 8.08. The molecule has 0 aliphatic carbocycles. The van der Waals surface area contributed by atoms with Gasteiger partial charge < -0.3 is 15.8 Å². The molecule has 27 heavy (non-hydrogen) atoms. The maximum Gasteiger partial charge on any atom is 0.416 e. The zero-order chi connectivity index (χ0) is 19.3. The Hall–Kier alpha value is -2.25. The Morgan fingerprint density at radius 3 is 2.52 bits per heavy atom. The highest BCUT2D eigenvalue weighted by Crippen LogP contribution is 2.32. The number of ether oxygens (including phenoxy) is 1. The number of alkyl halides is 3. The normalized spacial score (nSPS) is 12.1. The molecule has 0 radical (unpaired) electrons. The summed E-state index contributed by atoms with van der Waals surface area (Å²) in [6.45, 7) is 1.82. The van der Waals surface area contributed by atoms with Gasteiger partial charge in [0.15, 0.2) is 0 Å². The van der Waals surface area contributed by atoms with E-state index in [1.807, 2.05) is 25.1 Å². The number of methoxy groups -OCH3 is 1. The number of nitrogens with two attached hydrogens (primary N) is 1. The van der Waals surface area contributed by atoms with Crippen molar-refractivity contribution in [2.75, 3.05) is 12.4 Å². The molecule has 2 aromatic carbocycles. The van der Waals surface area contributed by atoms with Crippen molar-refractivity contribution in [3.8, 4) is 5.75 Å². The molecule has 1 unspecified atom stereocenters. The van der Waals surface area contributed by atoms with Crippen molar-refractivity contribution in [2.45, 2.75) is 32.0 Å². The van der Waals surface area contributed by atoms with Crippen LogP contribution in [0.2, 0.25) is 0 Å². The van der Waals surface area contributed by atoms with E-state index in [2.05, 4.69) is 5.32 Å². The second-order valence-electron chi connectivity index (χ2n) is 6.05. The average Bonchev–Trinajstić information content (AvgIpc) is 2.60. The minimum Gasteiger partial charge on any atom is -0.497 e. The van der Waals surface area contributed by atoms with Gasteiger partial charge in [-0.15, -0.1) is 12.4 Å². The Balaban J connectivity index is 0.00000364. The van der Waals surface area contributed by atoms with Crippen LogP contribution in [0.3, 0.4) is 0 Å². The van der Waals surface area contributed by atoms with Gasteiger partial charge >= 0.3 is 6.18 Å². The van der Waals surface area contributed by atoms with Crippen molar-refractivity contribution < 1.29 is 22.7 Å². The van der Waals surface area contributed by atoms with Crippen LogP contribution >= 0.6 is 12.4 Å². The number of carbonyl (C=O) groups excluding carboxylic acids is 1. The summed E-state index contributed by atoms with van der Waals surface area (Å²) in [5.41, 5.74) is 5.91. The predicted octanol–water partition coefficient (Wildman–Crippen LogP) is 4.73. The topological polar surface area (TPSA) is 64.3 Å². The molecule has 8 heteroatoms. The summed E-state index contributed by atoms with van der Waals surface area (Å²) in [6, 6.07) is 10.7. The molecule has 0 aliphatic rings. The number of carbonyl (C=O) groups is 1. The van der Waals surface area contributed by atoms with Crippen LogP contribution in [-0.4, -0.2) is 13.0 Å². The Morgan fingerprint density at radius 2 is 1.93 bits per heavy atom. The van der Waals surface area contributed by atoms with Crippen LogP contribution in [0, 0.1) is 0 Å². The molecular formula is C19H22ClF3N2O2. The molecule has 0 aromatic heterocycles. The van der Waals surface area contributed by atoms with Gasteiger partial charge in [0.2, 0.25) is 5.91 Å². The van der Waals surface area contributed by atoms with E-state index in [1.165, 1.54) is 6.07 Å². The van der Waals surface area contributed by atoms with Crippen LogP contribution in [0.5, 0.6) is 5.75 Å². The lowest BCUT2D eigenvalue weighted by molar-refractivity contribution is -0.137. The first-order valence-corrected chi connectivity index (χ1v) is 8.08. The Morgan fingerprint density at radius 1 is 1.22 bits per heavy atom. The van der Waals surface area contributed by atoms with E-state index >= 15 is 0 Å². The molecule has 2 rings (SSSR count). The van der Waals surface area contributed by atoms with Crippen molar-refractivity contribution in [1.29, 1.82) is 0 Å². The molecule has 0 aliphatic heterocycles. The first-order chi connectivity index (χ1) is 12.2. The van der Waals surface area contributed by atoms with Gasteiger partial charge in [-0.2, -0.15) is 13.2 Å². The second-order valence-corrected chi connectivity index (χ2v) is 6.05. The highest BCUT2D eigenvalue weighted by atomic mass is 35.5. The van der Waals surface area contributed by atoms with E-state index in [-0.39, 0.29) is 42.9 Å². The lowest BCUT2D eigenvalue weighted by Gasteiger charge is -2.15. The molecule has 2 aromatic rings. The fourth-order valence-electron chi connectivity index (χ4n) is 2.60. The standard InChI is InChI=1S/C19H21F3N2O2.ClH/c1-12(14-4-3-5-17(9-14)26-2)6-18(25)24-16-8-13(11-23)7-15(10-16)19(20,21)22;/h3-5,7-10,12H,6,11,23H2,1-2H3,(H,24,25);1H. The Bertz CT molecular complexity index is 782. The van der Waals surface area contributed by atoms with Crippen molar-refractivity contribution >= 4 is 24.0 Å². The number of anilines is 1. The molecule has 0 saturated carbocycles. The lowest BCUT2D eigenvalue weighted by Crippen LogP contribution is -2.16. The van der Waals surface area contributed by atoms with E-state index in [0.29, 0.717) is 11.3 Å². The molecule has 1 atom stereocenters. The van der Waals surface area contributed by atoms with Crippen molar-refractivity contribution in [2.24, 2.45) is 5.73 Å². The van der Waals surface area contributed by atoms with Crippen molar-refractivity contribution in [3.63, 3.8) is 0 Å². The number of halogens is 4. The van der Waals surface area contributed by atoms with E-state index in [1.54, 1.807) is 13.2 Å². The summed E-state index contributed by atoms with van der Waals surface area (Å²) in [5, 5.41) is 2.53. The van der Waals surface area contributed by atoms with Crippen LogP contribution < -0.4 is 15.8 Å². The summed E-state index contributed by atoms with van der Waals surface area (Å²) >= 11 is 0. The molecule has 0 fully saturated rings. The maximum absolute atomic E-state index is 13.0. The predicted molar refractivity (Wildman–Crippen MR) is 101 cm³/mol. The molecule has 3 N–H and O–H groups in total. The Kier molecular flexibility index (Phi) is 8.12. The van der Waals surface area contributed by atoms with E-state index in [0.717, 1.165) is 17.7 Å². The quantitative estimate of drug-likeness (QED) is 0.734. The van der Waals surface area contributed by atoms with Gasteiger partial charge in [0, 0.05) is 18.7 Å².